The van der Waals surface area contributed by atoms with E-state index in [1.54, 1.807) is 43.3 Å². The fourth-order valence-corrected chi connectivity index (χ4v) is 2.00. The van der Waals surface area contributed by atoms with E-state index in [4.69, 9.17) is 15.1 Å². The van der Waals surface area contributed by atoms with Crippen molar-refractivity contribution >= 4 is 17.3 Å². The number of aromatic carboxylic acids is 1. The smallest absolute Gasteiger partial charge is 0.335 e. The summed E-state index contributed by atoms with van der Waals surface area (Å²) in [5.74, 6) is -0.399. The topological polar surface area (TPSA) is 82.3 Å². The largest absolute Gasteiger partial charge is 0.495 e. The number of benzene rings is 2. The number of ether oxygens (including phenoxy) is 1. The number of nitrogens with one attached hydrogen (secondary N) is 1. The van der Waals surface area contributed by atoms with Gasteiger partial charge in [-0.15, -0.1) is 0 Å². The Morgan fingerprint density at radius 1 is 1.29 bits per heavy atom. The first kappa shape index (κ1) is 14.4. The van der Waals surface area contributed by atoms with E-state index in [1.165, 1.54) is 7.11 Å². The van der Waals surface area contributed by atoms with Crippen molar-refractivity contribution in [3.8, 4) is 11.8 Å². The van der Waals surface area contributed by atoms with E-state index >= 15 is 0 Å². The molecule has 0 aromatic heterocycles. The summed E-state index contributed by atoms with van der Waals surface area (Å²) in [6.07, 6.45) is 0. The summed E-state index contributed by atoms with van der Waals surface area (Å²) in [6.45, 7) is 1.74. The average molecular weight is 282 g/mol. The Bertz CT molecular complexity index is 733. The molecule has 0 spiro atoms. The molecule has 2 aromatic rings. The Hall–Kier alpha value is -3.00. The van der Waals surface area contributed by atoms with Crippen molar-refractivity contribution in [2.24, 2.45) is 0 Å². The second-order valence-electron chi connectivity index (χ2n) is 4.49. The SMILES string of the molecule is COc1cc(C#N)ccc1Nc1ccc(C(=O)O)c(C)c1. The van der Waals surface area contributed by atoms with E-state index in [0.29, 0.717) is 22.6 Å². The first-order chi connectivity index (χ1) is 10.0. The normalized spacial score (nSPS) is 9.76. The summed E-state index contributed by atoms with van der Waals surface area (Å²) in [4.78, 5) is 11.0. The molecule has 2 rings (SSSR count). The van der Waals surface area contributed by atoms with Crippen molar-refractivity contribution in [3.05, 3.63) is 53.1 Å². The molecule has 0 radical (unpaired) electrons. The number of nitriles is 1. The molecule has 21 heavy (non-hydrogen) atoms. The number of carboxylic acid groups (broad SMARTS) is 1. The van der Waals surface area contributed by atoms with Gasteiger partial charge in [0, 0.05) is 11.8 Å². The van der Waals surface area contributed by atoms with Crippen LogP contribution in [0.15, 0.2) is 36.4 Å². The highest BCUT2D eigenvalue weighted by Crippen LogP contribution is 2.29. The van der Waals surface area contributed by atoms with Crippen LogP contribution in [0, 0.1) is 18.3 Å². The predicted octanol–water partition coefficient (Wildman–Crippen LogP) is 3.32. The number of anilines is 2. The molecule has 0 bridgehead atoms. The maximum atomic E-state index is 11.0. The Balaban J connectivity index is 2.32. The lowest BCUT2D eigenvalue weighted by Crippen LogP contribution is -2.01. The molecule has 0 heterocycles. The molecule has 5 heteroatoms. The fourth-order valence-electron chi connectivity index (χ4n) is 2.00. The molecule has 0 aliphatic heterocycles. The fraction of sp³-hybridized carbons (Fsp3) is 0.125. The molecule has 0 fully saturated rings. The maximum Gasteiger partial charge on any atom is 0.335 e. The van der Waals surface area contributed by atoms with Crippen LogP contribution in [-0.4, -0.2) is 18.2 Å². The van der Waals surface area contributed by atoms with Gasteiger partial charge in [-0.2, -0.15) is 5.26 Å². The third-order valence-corrected chi connectivity index (χ3v) is 3.07. The number of rotatable bonds is 4. The monoisotopic (exact) mass is 282 g/mol. The van der Waals surface area contributed by atoms with Crippen LogP contribution in [-0.2, 0) is 0 Å². The molecule has 0 unspecified atom stereocenters. The van der Waals surface area contributed by atoms with E-state index < -0.39 is 5.97 Å². The zero-order valence-electron chi connectivity index (χ0n) is 11.7. The summed E-state index contributed by atoms with van der Waals surface area (Å²) < 4.78 is 5.24. The number of carboxylic acids is 1. The van der Waals surface area contributed by atoms with Crippen molar-refractivity contribution in [2.45, 2.75) is 6.92 Å². The minimum Gasteiger partial charge on any atom is -0.495 e. The Morgan fingerprint density at radius 3 is 2.62 bits per heavy atom. The van der Waals surface area contributed by atoms with Gasteiger partial charge >= 0.3 is 5.97 Å². The quantitative estimate of drug-likeness (QED) is 0.898. The van der Waals surface area contributed by atoms with E-state index in [0.717, 1.165) is 5.69 Å². The van der Waals surface area contributed by atoms with E-state index in [9.17, 15) is 4.79 Å². The van der Waals surface area contributed by atoms with Crippen molar-refractivity contribution in [2.75, 3.05) is 12.4 Å². The van der Waals surface area contributed by atoms with Crippen molar-refractivity contribution < 1.29 is 14.6 Å². The van der Waals surface area contributed by atoms with Crippen LogP contribution in [0.1, 0.15) is 21.5 Å². The van der Waals surface area contributed by atoms with E-state index in [1.807, 2.05) is 6.07 Å². The van der Waals surface area contributed by atoms with Crippen molar-refractivity contribution in [3.63, 3.8) is 0 Å². The second kappa shape index (κ2) is 5.97. The molecule has 106 valence electrons. The lowest BCUT2D eigenvalue weighted by atomic mass is 10.1. The van der Waals surface area contributed by atoms with Gasteiger partial charge in [0.05, 0.1) is 30.0 Å². The van der Waals surface area contributed by atoms with Gasteiger partial charge in [0.2, 0.25) is 0 Å². The zero-order valence-corrected chi connectivity index (χ0v) is 11.7. The van der Waals surface area contributed by atoms with Gasteiger partial charge in [0.25, 0.3) is 0 Å². The third kappa shape index (κ3) is 3.12. The third-order valence-electron chi connectivity index (χ3n) is 3.07. The summed E-state index contributed by atoms with van der Waals surface area (Å²) in [7, 11) is 1.53. The molecule has 0 saturated carbocycles. The molecule has 0 saturated heterocycles. The first-order valence-electron chi connectivity index (χ1n) is 6.24. The highest BCUT2D eigenvalue weighted by Gasteiger charge is 2.09. The van der Waals surface area contributed by atoms with Crippen LogP contribution in [0.4, 0.5) is 11.4 Å². The number of carbonyl (C=O) groups is 1. The summed E-state index contributed by atoms with van der Waals surface area (Å²) >= 11 is 0. The van der Waals surface area contributed by atoms with Crippen LogP contribution in [0.3, 0.4) is 0 Å². The summed E-state index contributed by atoms with van der Waals surface area (Å²) in [5, 5.41) is 21.0. The van der Waals surface area contributed by atoms with Gasteiger partial charge < -0.3 is 15.2 Å². The van der Waals surface area contributed by atoms with Gasteiger partial charge in [-0.25, -0.2) is 4.79 Å². The highest BCUT2D eigenvalue weighted by molar-refractivity contribution is 5.90. The Labute approximate surface area is 122 Å². The van der Waals surface area contributed by atoms with Gasteiger partial charge in [-0.1, -0.05) is 0 Å². The number of aryl methyl sites for hydroxylation is 1. The van der Waals surface area contributed by atoms with Crippen LogP contribution >= 0.6 is 0 Å². The predicted molar refractivity (Wildman–Crippen MR) is 79.1 cm³/mol. The maximum absolute atomic E-state index is 11.0. The number of methoxy groups -OCH3 is 1. The second-order valence-corrected chi connectivity index (χ2v) is 4.49. The lowest BCUT2D eigenvalue weighted by Gasteiger charge is -2.12. The van der Waals surface area contributed by atoms with Gasteiger partial charge in [-0.05, 0) is 42.8 Å². The molecule has 0 aliphatic carbocycles. The van der Waals surface area contributed by atoms with Gasteiger partial charge in [0.15, 0.2) is 0 Å². The molecule has 0 amide bonds. The average Bonchev–Trinajstić information content (AvgIpc) is 2.47. The zero-order chi connectivity index (χ0) is 15.4. The summed E-state index contributed by atoms with van der Waals surface area (Å²) in [6, 6.07) is 12.1. The lowest BCUT2D eigenvalue weighted by molar-refractivity contribution is 0.0696. The number of hydrogen-bond acceptors (Lipinski definition) is 4. The number of nitrogens with zero attached hydrogens (tertiary/aromatic N) is 1. The van der Waals surface area contributed by atoms with Crippen LogP contribution in [0.25, 0.3) is 0 Å². The highest BCUT2D eigenvalue weighted by atomic mass is 16.5. The van der Waals surface area contributed by atoms with E-state index in [2.05, 4.69) is 5.32 Å². The van der Waals surface area contributed by atoms with Crippen molar-refractivity contribution in [1.82, 2.24) is 0 Å². The van der Waals surface area contributed by atoms with Crippen molar-refractivity contribution in [1.29, 1.82) is 5.26 Å². The number of hydrogen-bond donors (Lipinski definition) is 2. The Morgan fingerprint density at radius 2 is 2.05 bits per heavy atom. The van der Waals surface area contributed by atoms with Gasteiger partial charge in [-0.3, -0.25) is 0 Å². The van der Waals surface area contributed by atoms with Crippen LogP contribution < -0.4 is 10.1 Å². The molecule has 5 nitrogen and oxygen atoms in total. The summed E-state index contributed by atoms with van der Waals surface area (Å²) in [5.41, 5.74) is 2.90. The molecule has 0 atom stereocenters. The van der Waals surface area contributed by atoms with Gasteiger partial charge in [0.1, 0.15) is 5.75 Å². The first-order valence-corrected chi connectivity index (χ1v) is 6.24. The molecule has 0 aliphatic rings. The van der Waals surface area contributed by atoms with Crippen LogP contribution in [0.5, 0.6) is 5.75 Å². The molecular weight excluding hydrogens is 268 g/mol. The molecule has 2 aromatic carbocycles. The molecular formula is C16H14N2O3. The molecule has 2 N–H and O–H groups in total. The minimum atomic E-state index is -0.949. The van der Waals surface area contributed by atoms with E-state index in [-0.39, 0.29) is 5.56 Å². The minimum absolute atomic E-state index is 0.271. The Kier molecular flexibility index (Phi) is 4.10. The standard InChI is InChI=1S/C16H14N2O3/c1-10-7-12(4-5-13(10)16(19)20)18-14-6-3-11(9-17)8-15(14)21-2/h3-8,18H,1-2H3,(H,19,20). The van der Waals surface area contributed by atoms with Crippen LogP contribution in [0.2, 0.25) is 0 Å².